The Hall–Kier alpha value is -5.01. The van der Waals surface area contributed by atoms with Crippen molar-refractivity contribution in [3.8, 4) is 11.3 Å². The number of imidazole rings is 1. The topological polar surface area (TPSA) is 104 Å². The predicted octanol–water partition coefficient (Wildman–Crippen LogP) is 5.53. The maximum absolute atomic E-state index is 13.8. The van der Waals surface area contributed by atoms with Gasteiger partial charge in [0.15, 0.2) is 0 Å². The number of nitrogens with zero attached hydrogens (tertiary/aromatic N) is 2. The lowest BCUT2D eigenvalue weighted by Gasteiger charge is -2.37. The van der Waals surface area contributed by atoms with E-state index in [1.54, 1.807) is 12.1 Å². The molecule has 2 heterocycles. The van der Waals surface area contributed by atoms with E-state index in [2.05, 4.69) is 22.4 Å². The fourth-order valence-corrected chi connectivity index (χ4v) is 5.34. The van der Waals surface area contributed by atoms with Crippen molar-refractivity contribution in [3.05, 3.63) is 143 Å². The van der Waals surface area contributed by atoms with E-state index in [-0.39, 0.29) is 17.9 Å². The minimum absolute atomic E-state index is 0.131. The van der Waals surface area contributed by atoms with Gasteiger partial charge >= 0.3 is 0 Å². The number of hydrogen-bond acceptors (Lipinski definition) is 4. The number of para-hydroxylation sites is 1. The average molecular weight is 542 g/mol. The van der Waals surface area contributed by atoms with Gasteiger partial charge in [-0.05, 0) is 52.9 Å². The first kappa shape index (κ1) is 26.2. The second-order valence-electron chi connectivity index (χ2n) is 10.3. The molecule has 204 valence electrons. The van der Waals surface area contributed by atoms with Crippen molar-refractivity contribution in [1.29, 1.82) is 0 Å². The summed E-state index contributed by atoms with van der Waals surface area (Å²) in [5, 5.41) is 2.89. The normalized spacial score (nSPS) is 15.1. The van der Waals surface area contributed by atoms with Gasteiger partial charge in [0.2, 0.25) is 5.91 Å². The third kappa shape index (κ3) is 5.81. The Balaban J connectivity index is 1.18. The molecule has 0 radical (unpaired) electrons. The average Bonchev–Trinajstić information content (AvgIpc) is 3.52. The zero-order valence-electron chi connectivity index (χ0n) is 22.5. The number of aromatic amines is 1. The number of carbonyl (C=O) groups is 2. The smallest absolute Gasteiger partial charge is 0.255 e. The van der Waals surface area contributed by atoms with Gasteiger partial charge in [-0.25, -0.2) is 4.98 Å². The summed E-state index contributed by atoms with van der Waals surface area (Å²) in [5.74, 6) is 0.423. The molecule has 2 atom stereocenters. The number of rotatable bonds is 7. The summed E-state index contributed by atoms with van der Waals surface area (Å²) in [6.45, 7) is 0.466. The van der Waals surface area contributed by atoms with Gasteiger partial charge in [-0.2, -0.15) is 0 Å². The number of nitrogens with two attached hydrogens (primary N) is 1. The van der Waals surface area contributed by atoms with Crippen molar-refractivity contribution < 1.29 is 9.59 Å². The van der Waals surface area contributed by atoms with Gasteiger partial charge in [0.25, 0.3) is 5.91 Å². The third-order valence-corrected chi connectivity index (χ3v) is 7.55. The van der Waals surface area contributed by atoms with Gasteiger partial charge in [-0.15, -0.1) is 0 Å². The number of carbonyl (C=O) groups excluding carboxylic acids is 2. The van der Waals surface area contributed by atoms with Crippen molar-refractivity contribution in [2.45, 2.75) is 31.5 Å². The number of H-pyrrole nitrogens is 1. The first-order chi connectivity index (χ1) is 20.0. The molecule has 4 N–H and O–H groups in total. The van der Waals surface area contributed by atoms with E-state index in [0.717, 1.165) is 33.9 Å². The van der Waals surface area contributed by atoms with Crippen molar-refractivity contribution in [2.24, 2.45) is 5.73 Å². The van der Waals surface area contributed by atoms with Gasteiger partial charge in [-0.1, -0.05) is 84.9 Å². The molecule has 1 aromatic heterocycles. The van der Waals surface area contributed by atoms with E-state index in [1.807, 2.05) is 96.0 Å². The Morgan fingerprint density at radius 3 is 2.27 bits per heavy atom. The van der Waals surface area contributed by atoms with Crippen LogP contribution in [0.15, 0.2) is 115 Å². The fraction of sp³-hybridized carbons (Fsp3) is 0.147. The van der Waals surface area contributed by atoms with E-state index in [1.165, 1.54) is 5.56 Å². The number of amides is 2. The van der Waals surface area contributed by atoms with Crippen LogP contribution in [-0.4, -0.2) is 32.7 Å². The van der Waals surface area contributed by atoms with Crippen LogP contribution >= 0.6 is 0 Å². The number of anilines is 1. The highest BCUT2D eigenvalue weighted by Gasteiger charge is 2.35. The monoisotopic (exact) mass is 541 g/mol. The summed E-state index contributed by atoms with van der Waals surface area (Å²) in [4.78, 5) is 36.5. The summed E-state index contributed by atoms with van der Waals surface area (Å²) in [6, 6.07) is 33.8. The van der Waals surface area contributed by atoms with Crippen molar-refractivity contribution in [2.75, 3.05) is 5.32 Å². The molecule has 0 fully saturated rings. The van der Waals surface area contributed by atoms with E-state index in [4.69, 9.17) is 10.7 Å². The molecule has 0 spiro atoms. The van der Waals surface area contributed by atoms with Crippen LogP contribution in [-0.2, 0) is 24.2 Å². The molecule has 4 aromatic carbocycles. The van der Waals surface area contributed by atoms with Gasteiger partial charge in [0, 0.05) is 24.2 Å². The van der Waals surface area contributed by atoms with Gasteiger partial charge in [0.1, 0.15) is 5.82 Å². The van der Waals surface area contributed by atoms with Crippen LogP contribution in [0.1, 0.15) is 38.9 Å². The molecular formula is C34H31N5O2. The lowest BCUT2D eigenvalue weighted by molar-refractivity contribution is -0.136. The largest absolute Gasteiger partial charge is 0.340 e. The Morgan fingerprint density at radius 1 is 0.878 bits per heavy atom. The Labute approximate surface area is 239 Å². The molecule has 5 aromatic rings. The third-order valence-electron chi connectivity index (χ3n) is 7.55. The highest BCUT2D eigenvalue weighted by molar-refractivity contribution is 6.04. The second kappa shape index (κ2) is 11.6. The molecule has 1 aliphatic rings. The molecule has 0 unspecified atom stereocenters. The molecule has 0 saturated heterocycles. The number of aromatic nitrogens is 2. The van der Waals surface area contributed by atoms with Gasteiger partial charge in [0.05, 0.1) is 24.0 Å². The Kier molecular flexibility index (Phi) is 7.43. The molecule has 0 bridgehead atoms. The standard InChI is InChI=1S/C34H31N5O2/c35-29(19-23-15-17-25(18-16-23)33(40)37-28-13-5-2-6-14-28)34(41)39-22-27-12-8-7-11-26(27)20-31(39)32-36-21-30(38-32)24-9-3-1-4-10-24/h1-18,21,29,31H,19-20,22,35H2,(H,36,38)(H,37,40)/t29-,31-/m0/s1. The van der Waals surface area contributed by atoms with E-state index >= 15 is 0 Å². The van der Waals surface area contributed by atoms with Crippen LogP contribution in [0, 0.1) is 0 Å². The lowest BCUT2D eigenvalue weighted by atomic mass is 9.92. The Morgan fingerprint density at radius 2 is 1.54 bits per heavy atom. The van der Waals surface area contributed by atoms with E-state index < -0.39 is 6.04 Å². The molecule has 7 nitrogen and oxygen atoms in total. The molecule has 7 heteroatoms. The quantitative estimate of drug-likeness (QED) is 0.252. The second-order valence-corrected chi connectivity index (χ2v) is 10.3. The van der Waals surface area contributed by atoms with Crippen molar-refractivity contribution in [3.63, 3.8) is 0 Å². The minimum Gasteiger partial charge on any atom is -0.340 e. The molecule has 6 rings (SSSR count). The summed E-state index contributed by atoms with van der Waals surface area (Å²) >= 11 is 0. The number of benzene rings is 4. The zero-order valence-corrected chi connectivity index (χ0v) is 22.5. The summed E-state index contributed by atoms with van der Waals surface area (Å²) in [6.07, 6.45) is 2.84. The van der Waals surface area contributed by atoms with E-state index in [0.29, 0.717) is 24.9 Å². The Bertz CT molecular complexity index is 1650. The number of nitrogens with one attached hydrogen (secondary N) is 2. The van der Waals surface area contributed by atoms with Gasteiger partial charge in [-0.3, -0.25) is 9.59 Å². The molecule has 1 aliphatic heterocycles. The SMILES string of the molecule is N[C@@H](Cc1ccc(C(=O)Nc2ccccc2)cc1)C(=O)N1Cc2ccccc2C[C@H]1c1ncc(-c2ccccc2)[nH]1. The van der Waals surface area contributed by atoms with Crippen LogP contribution in [0.5, 0.6) is 0 Å². The zero-order chi connectivity index (χ0) is 28.2. The molecule has 0 aliphatic carbocycles. The van der Waals surface area contributed by atoms with Crippen LogP contribution in [0.25, 0.3) is 11.3 Å². The molecular weight excluding hydrogens is 510 g/mol. The van der Waals surface area contributed by atoms with Crippen molar-refractivity contribution >= 4 is 17.5 Å². The maximum atomic E-state index is 13.8. The van der Waals surface area contributed by atoms with Crippen LogP contribution in [0.3, 0.4) is 0 Å². The first-order valence-corrected chi connectivity index (χ1v) is 13.7. The van der Waals surface area contributed by atoms with Crippen LogP contribution in [0.4, 0.5) is 5.69 Å². The first-order valence-electron chi connectivity index (χ1n) is 13.7. The molecule has 0 saturated carbocycles. The lowest BCUT2D eigenvalue weighted by Crippen LogP contribution is -2.48. The highest BCUT2D eigenvalue weighted by Crippen LogP contribution is 2.33. The maximum Gasteiger partial charge on any atom is 0.255 e. The summed E-state index contributed by atoms with van der Waals surface area (Å²) < 4.78 is 0. The fourth-order valence-electron chi connectivity index (χ4n) is 5.34. The van der Waals surface area contributed by atoms with Gasteiger partial charge < -0.3 is 20.9 Å². The molecule has 2 amide bonds. The van der Waals surface area contributed by atoms with Crippen LogP contribution < -0.4 is 11.1 Å². The summed E-state index contributed by atoms with van der Waals surface area (Å²) in [7, 11) is 0. The summed E-state index contributed by atoms with van der Waals surface area (Å²) in [5.41, 5.74) is 13.0. The number of fused-ring (bicyclic) bond motifs is 1. The minimum atomic E-state index is -0.740. The van der Waals surface area contributed by atoms with Crippen LogP contribution in [0.2, 0.25) is 0 Å². The van der Waals surface area contributed by atoms with Crippen molar-refractivity contribution in [1.82, 2.24) is 14.9 Å². The molecule has 41 heavy (non-hydrogen) atoms. The predicted molar refractivity (Wildman–Crippen MR) is 160 cm³/mol. The highest BCUT2D eigenvalue weighted by atomic mass is 16.2. The van der Waals surface area contributed by atoms with E-state index in [9.17, 15) is 9.59 Å². The number of hydrogen-bond donors (Lipinski definition) is 3.